The van der Waals surface area contributed by atoms with Crippen LogP contribution in [0.3, 0.4) is 0 Å². The Morgan fingerprint density at radius 3 is 2.64 bits per heavy atom. The largest absolute Gasteiger partial charge is 0.348 e. The van der Waals surface area contributed by atoms with Crippen LogP contribution in [0.25, 0.3) is 0 Å². The Bertz CT molecular complexity index is 1000. The van der Waals surface area contributed by atoms with Crippen molar-refractivity contribution in [1.29, 1.82) is 0 Å². The molecule has 2 N–H and O–H groups in total. The van der Waals surface area contributed by atoms with Gasteiger partial charge in [0, 0.05) is 28.1 Å². The van der Waals surface area contributed by atoms with Crippen molar-refractivity contribution in [2.24, 2.45) is 0 Å². The van der Waals surface area contributed by atoms with Crippen molar-refractivity contribution in [3.8, 4) is 0 Å². The van der Waals surface area contributed by atoms with Crippen LogP contribution in [-0.2, 0) is 15.0 Å². The molecule has 2 aromatic rings. The molecule has 0 aliphatic carbocycles. The quantitative estimate of drug-likeness (QED) is 0.707. The Balaban J connectivity index is 2.01. The molecule has 2 heterocycles. The number of carbonyl (C=O) groups is 2. The van der Waals surface area contributed by atoms with Crippen molar-refractivity contribution >= 4 is 40.7 Å². The summed E-state index contributed by atoms with van der Waals surface area (Å²) in [6, 6.07) is 12.3. The van der Waals surface area contributed by atoms with E-state index in [1.54, 1.807) is 18.2 Å². The highest BCUT2D eigenvalue weighted by Crippen LogP contribution is 2.54. The molecule has 1 fully saturated rings. The van der Waals surface area contributed by atoms with E-state index in [9.17, 15) is 9.59 Å². The van der Waals surface area contributed by atoms with Crippen LogP contribution in [0.5, 0.6) is 0 Å². The maximum absolute atomic E-state index is 13.5. The van der Waals surface area contributed by atoms with Crippen molar-refractivity contribution < 1.29 is 9.59 Å². The summed E-state index contributed by atoms with van der Waals surface area (Å²) >= 11 is 12.4. The number of amides is 2. The first-order chi connectivity index (χ1) is 13.4. The fourth-order valence-electron chi connectivity index (χ4n) is 4.57. The number of anilines is 1. The summed E-state index contributed by atoms with van der Waals surface area (Å²) in [5.41, 5.74) is 2.15. The fraction of sp³-hybridized carbons (Fsp3) is 0.273. The topological polar surface area (TPSA) is 58.2 Å². The number of fused-ring (bicyclic) bond motifs is 2. The minimum absolute atomic E-state index is 0.106. The second-order valence-corrected chi connectivity index (χ2v) is 8.21. The van der Waals surface area contributed by atoms with Crippen molar-refractivity contribution in [3.05, 3.63) is 75.8 Å². The molecule has 2 aromatic carbocycles. The summed E-state index contributed by atoms with van der Waals surface area (Å²) < 4.78 is 0. The summed E-state index contributed by atoms with van der Waals surface area (Å²) in [4.78, 5) is 26.2. The molecule has 144 valence electrons. The standard InChI is InChI=1S/C22H20Cl2N2O2/c1-3-12(2)20-22(16-8-7-15(24)10-18(16)25-21(22)28)17(11-19(27)26-20)13-5-4-6-14(23)9-13/h4-10,17,20H,2-3,11H2,1H3,(H,25,28)(H,26,27). The van der Waals surface area contributed by atoms with Gasteiger partial charge in [0.05, 0.1) is 6.04 Å². The number of hydrogen-bond donors (Lipinski definition) is 2. The first-order valence-corrected chi connectivity index (χ1v) is 9.97. The fourth-order valence-corrected chi connectivity index (χ4v) is 4.95. The molecule has 0 radical (unpaired) electrons. The summed E-state index contributed by atoms with van der Waals surface area (Å²) in [5.74, 6) is -0.643. The third-order valence-electron chi connectivity index (χ3n) is 5.86. The van der Waals surface area contributed by atoms with Gasteiger partial charge in [0.2, 0.25) is 11.8 Å². The molecule has 2 aliphatic heterocycles. The Morgan fingerprint density at radius 1 is 1.18 bits per heavy atom. The normalized spacial score (nSPS) is 26.0. The molecule has 0 bridgehead atoms. The molecule has 2 aliphatic rings. The predicted octanol–water partition coefficient (Wildman–Crippen LogP) is 4.82. The summed E-state index contributed by atoms with van der Waals surface area (Å²) in [5, 5.41) is 7.13. The maximum atomic E-state index is 13.5. The Morgan fingerprint density at radius 2 is 1.93 bits per heavy atom. The van der Waals surface area contributed by atoms with Gasteiger partial charge in [0.25, 0.3) is 0 Å². The summed E-state index contributed by atoms with van der Waals surface area (Å²) in [6.45, 7) is 6.15. The average Bonchev–Trinajstić information content (AvgIpc) is 2.94. The van der Waals surface area contributed by atoms with Gasteiger partial charge in [-0.25, -0.2) is 0 Å². The molecule has 2 amide bonds. The van der Waals surface area contributed by atoms with E-state index in [1.807, 2.05) is 31.2 Å². The molecule has 4 nitrogen and oxygen atoms in total. The van der Waals surface area contributed by atoms with Crippen LogP contribution >= 0.6 is 23.2 Å². The lowest BCUT2D eigenvalue weighted by Gasteiger charge is -2.47. The van der Waals surface area contributed by atoms with E-state index in [2.05, 4.69) is 17.2 Å². The second-order valence-electron chi connectivity index (χ2n) is 7.34. The number of carbonyl (C=O) groups excluding carboxylic acids is 2. The van der Waals surface area contributed by atoms with Gasteiger partial charge in [-0.3, -0.25) is 9.59 Å². The molecule has 0 saturated carbocycles. The molecular formula is C22H20Cl2N2O2. The number of nitrogens with one attached hydrogen (secondary N) is 2. The summed E-state index contributed by atoms with van der Waals surface area (Å²) in [7, 11) is 0. The van der Waals surface area contributed by atoms with Gasteiger partial charge in [-0.15, -0.1) is 0 Å². The van der Waals surface area contributed by atoms with Crippen molar-refractivity contribution in [2.75, 3.05) is 5.32 Å². The van der Waals surface area contributed by atoms with E-state index in [0.717, 1.165) is 16.7 Å². The van der Waals surface area contributed by atoms with E-state index >= 15 is 0 Å². The van der Waals surface area contributed by atoms with Crippen LogP contribution in [0.15, 0.2) is 54.6 Å². The molecule has 28 heavy (non-hydrogen) atoms. The van der Waals surface area contributed by atoms with Gasteiger partial charge < -0.3 is 10.6 Å². The third kappa shape index (κ3) is 2.75. The molecule has 3 atom stereocenters. The van der Waals surface area contributed by atoms with Gasteiger partial charge in [0.15, 0.2) is 0 Å². The van der Waals surface area contributed by atoms with Crippen LogP contribution in [0.2, 0.25) is 10.0 Å². The lowest BCUT2D eigenvalue weighted by atomic mass is 9.59. The number of rotatable bonds is 3. The smallest absolute Gasteiger partial charge is 0.238 e. The lowest BCUT2D eigenvalue weighted by Crippen LogP contribution is -2.62. The van der Waals surface area contributed by atoms with Gasteiger partial charge in [-0.1, -0.05) is 60.5 Å². The van der Waals surface area contributed by atoms with Crippen molar-refractivity contribution in [2.45, 2.75) is 37.1 Å². The highest BCUT2D eigenvalue weighted by Gasteiger charge is 2.61. The highest BCUT2D eigenvalue weighted by molar-refractivity contribution is 6.31. The zero-order chi connectivity index (χ0) is 20.1. The van der Waals surface area contributed by atoms with Crippen LogP contribution in [-0.4, -0.2) is 17.9 Å². The SMILES string of the molecule is C=C(CC)C1NC(=O)CC(c2cccc(Cl)c2)C12C(=O)Nc1cc(Cl)ccc12. The Labute approximate surface area is 173 Å². The zero-order valence-electron chi connectivity index (χ0n) is 15.4. The van der Waals surface area contributed by atoms with Gasteiger partial charge in [0.1, 0.15) is 5.41 Å². The van der Waals surface area contributed by atoms with E-state index in [0.29, 0.717) is 22.2 Å². The predicted molar refractivity (Wildman–Crippen MR) is 112 cm³/mol. The first kappa shape index (κ1) is 19.0. The molecule has 3 unspecified atom stereocenters. The molecule has 1 saturated heterocycles. The van der Waals surface area contributed by atoms with E-state index in [-0.39, 0.29) is 24.2 Å². The van der Waals surface area contributed by atoms with Crippen molar-refractivity contribution in [3.63, 3.8) is 0 Å². The maximum Gasteiger partial charge on any atom is 0.238 e. The van der Waals surface area contributed by atoms with Crippen LogP contribution in [0, 0.1) is 0 Å². The Hall–Kier alpha value is -2.30. The molecule has 6 heteroatoms. The molecule has 0 aromatic heterocycles. The highest BCUT2D eigenvalue weighted by atomic mass is 35.5. The molecule has 4 rings (SSSR count). The Kier molecular flexibility index (Phi) is 4.72. The zero-order valence-corrected chi connectivity index (χ0v) is 16.9. The van der Waals surface area contributed by atoms with Gasteiger partial charge >= 0.3 is 0 Å². The minimum atomic E-state index is -1.01. The van der Waals surface area contributed by atoms with Crippen LogP contribution < -0.4 is 10.6 Å². The van der Waals surface area contributed by atoms with E-state index in [1.165, 1.54) is 0 Å². The minimum Gasteiger partial charge on any atom is -0.348 e. The number of benzene rings is 2. The van der Waals surface area contributed by atoms with Crippen LogP contribution in [0.4, 0.5) is 5.69 Å². The van der Waals surface area contributed by atoms with Crippen molar-refractivity contribution in [1.82, 2.24) is 5.32 Å². The number of piperidine rings is 1. The van der Waals surface area contributed by atoms with E-state index < -0.39 is 11.5 Å². The number of hydrogen-bond acceptors (Lipinski definition) is 2. The third-order valence-corrected chi connectivity index (χ3v) is 6.33. The second kappa shape index (κ2) is 6.94. The van der Waals surface area contributed by atoms with Crippen LogP contribution in [0.1, 0.15) is 36.8 Å². The first-order valence-electron chi connectivity index (χ1n) is 9.22. The number of halogens is 2. The molecule has 1 spiro atoms. The lowest BCUT2D eigenvalue weighted by molar-refractivity contribution is -0.130. The average molecular weight is 415 g/mol. The summed E-state index contributed by atoms with van der Waals surface area (Å²) in [6.07, 6.45) is 0.828. The van der Waals surface area contributed by atoms with E-state index in [4.69, 9.17) is 23.2 Å². The van der Waals surface area contributed by atoms with Gasteiger partial charge in [-0.2, -0.15) is 0 Å². The molecular weight excluding hydrogens is 395 g/mol. The van der Waals surface area contributed by atoms with Gasteiger partial charge in [-0.05, 0) is 41.8 Å². The monoisotopic (exact) mass is 414 g/mol.